The van der Waals surface area contributed by atoms with Gasteiger partial charge < -0.3 is 19.9 Å². The second-order valence-corrected chi connectivity index (χ2v) is 11.9. The molecule has 5 rings (SSSR count). The molecule has 3 aliphatic rings. The second-order valence-electron chi connectivity index (χ2n) is 11.9. The van der Waals surface area contributed by atoms with Crippen LogP contribution in [0.15, 0.2) is 53.1 Å². The Morgan fingerprint density at radius 2 is 1.81 bits per heavy atom. The number of imide groups is 1. The number of nitrogens with zero attached hydrogens (tertiary/aromatic N) is 1. The number of carbonyl (C=O) groups excluding carboxylic acids is 2. The van der Waals surface area contributed by atoms with Crippen molar-refractivity contribution in [3.8, 4) is 5.75 Å². The molecule has 3 N–H and O–H groups in total. The lowest BCUT2D eigenvalue weighted by atomic mass is 9.59. The summed E-state index contributed by atoms with van der Waals surface area (Å²) in [6.07, 6.45) is 6.73. The predicted octanol–water partition coefficient (Wildman–Crippen LogP) is 5.58. The van der Waals surface area contributed by atoms with Crippen molar-refractivity contribution in [2.45, 2.75) is 77.6 Å². The number of benzene rings is 2. The van der Waals surface area contributed by atoms with Crippen LogP contribution >= 0.6 is 0 Å². The molecule has 9 heteroatoms. The maximum atomic E-state index is 13.6. The topological polar surface area (TPSA) is 124 Å². The Hall–Kier alpha value is -3.43. The van der Waals surface area contributed by atoms with Crippen LogP contribution in [-0.4, -0.2) is 57.7 Å². The number of aromatic hydroxyl groups is 1. The van der Waals surface area contributed by atoms with Crippen LogP contribution in [0.2, 0.25) is 6.32 Å². The van der Waals surface area contributed by atoms with Crippen LogP contribution in [0.4, 0.5) is 0 Å². The zero-order chi connectivity index (χ0) is 30.0. The Morgan fingerprint density at radius 3 is 2.55 bits per heavy atom. The van der Waals surface area contributed by atoms with Crippen molar-refractivity contribution < 1.29 is 34.3 Å². The Balaban J connectivity index is 1.31. The van der Waals surface area contributed by atoms with Crippen LogP contribution in [-0.2, 0) is 19.0 Å². The number of phenols is 1. The molecule has 0 aromatic heterocycles. The van der Waals surface area contributed by atoms with E-state index in [4.69, 9.17) is 9.76 Å². The number of carboxylic acid groups (broad SMARTS) is 1. The van der Waals surface area contributed by atoms with E-state index >= 15 is 0 Å². The van der Waals surface area contributed by atoms with Crippen molar-refractivity contribution in [1.29, 1.82) is 0 Å². The molecule has 222 valence electrons. The largest absolute Gasteiger partial charge is 0.507 e. The van der Waals surface area contributed by atoms with Gasteiger partial charge in [0.2, 0.25) is 11.8 Å². The van der Waals surface area contributed by atoms with E-state index < -0.39 is 24.9 Å². The summed E-state index contributed by atoms with van der Waals surface area (Å²) in [6.45, 7) is 4.45. The lowest BCUT2D eigenvalue weighted by molar-refractivity contribution is -0.141. The van der Waals surface area contributed by atoms with E-state index in [9.17, 15) is 24.5 Å². The maximum Gasteiger partial charge on any atom is 0.455 e. The van der Waals surface area contributed by atoms with Crippen molar-refractivity contribution >= 4 is 41.8 Å². The zero-order valence-electron chi connectivity index (χ0n) is 24.4. The minimum Gasteiger partial charge on any atom is -0.507 e. The van der Waals surface area contributed by atoms with Crippen LogP contribution in [0, 0.1) is 17.8 Å². The highest BCUT2D eigenvalue weighted by Crippen LogP contribution is 2.50. The number of hydrogen-bond acceptors (Lipinski definition) is 6. The summed E-state index contributed by atoms with van der Waals surface area (Å²) in [6, 6.07) is 11.4. The molecule has 2 aliphatic heterocycles. The van der Waals surface area contributed by atoms with Gasteiger partial charge in [-0.25, -0.2) is 0 Å². The molecule has 2 aromatic rings. The van der Waals surface area contributed by atoms with E-state index in [1.165, 1.54) is 10.5 Å². The molecule has 0 radical (unpaired) electrons. The summed E-state index contributed by atoms with van der Waals surface area (Å²) in [4.78, 5) is 39.1. The minimum absolute atomic E-state index is 0.0848. The number of likely N-dealkylation sites (tertiary alicyclic amines) is 1. The van der Waals surface area contributed by atoms with E-state index in [0.29, 0.717) is 45.0 Å². The van der Waals surface area contributed by atoms with Gasteiger partial charge in [-0.2, -0.15) is 0 Å². The first-order valence-corrected chi connectivity index (χ1v) is 15.2. The zero-order valence-corrected chi connectivity index (χ0v) is 24.4. The molecular formula is C33H40BNO7. The molecule has 1 aliphatic carbocycles. The van der Waals surface area contributed by atoms with Crippen molar-refractivity contribution in [1.82, 2.24) is 4.90 Å². The third kappa shape index (κ3) is 6.04. The number of hydrogen-bond donors (Lipinski definition) is 3. The summed E-state index contributed by atoms with van der Waals surface area (Å²) in [7, 11) is -1.00. The number of carbonyl (C=O) groups is 3. The van der Waals surface area contributed by atoms with Crippen molar-refractivity contribution in [3.63, 3.8) is 0 Å². The van der Waals surface area contributed by atoms with E-state index in [1.807, 2.05) is 37.3 Å². The lowest BCUT2D eigenvalue weighted by Crippen LogP contribution is -2.46. The number of aliphatic carboxylic acids is 1. The van der Waals surface area contributed by atoms with E-state index in [1.54, 1.807) is 6.07 Å². The van der Waals surface area contributed by atoms with Crippen LogP contribution in [0.3, 0.4) is 0 Å². The molecule has 8 nitrogen and oxygen atoms in total. The van der Waals surface area contributed by atoms with Crippen molar-refractivity contribution in [2.75, 3.05) is 6.54 Å². The fraction of sp³-hybridized carbons (Fsp3) is 0.485. The summed E-state index contributed by atoms with van der Waals surface area (Å²) >= 11 is 0. The van der Waals surface area contributed by atoms with Crippen molar-refractivity contribution in [2.24, 2.45) is 17.8 Å². The molecule has 2 aromatic carbocycles. The Morgan fingerprint density at radius 1 is 1.05 bits per heavy atom. The quantitative estimate of drug-likeness (QED) is 0.139. The van der Waals surface area contributed by atoms with Gasteiger partial charge in [-0.15, -0.1) is 0 Å². The molecule has 2 saturated heterocycles. The Labute approximate surface area is 247 Å². The van der Waals surface area contributed by atoms with Gasteiger partial charge in [0.05, 0.1) is 17.9 Å². The van der Waals surface area contributed by atoms with Gasteiger partial charge in [-0.3, -0.25) is 19.3 Å². The van der Waals surface area contributed by atoms with E-state index in [-0.39, 0.29) is 36.0 Å². The number of phenolic OH excluding ortho intramolecular Hbond substituents is 1. The van der Waals surface area contributed by atoms with Crippen molar-refractivity contribution in [3.05, 3.63) is 58.7 Å². The SMILES string of the molecule is CC/C(=C\c1ccc(O)c2ccccc12)CC[C@H]1OB(O)C[C@H]2C1=C(C)C[C@H]1C(=O)N(CCCCCC(=O)O)C(=O)[C@H]12. The molecule has 0 bridgehead atoms. The second kappa shape index (κ2) is 12.8. The molecule has 2 heterocycles. The Bertz CT molecular complexity index is 1430. The van der Waals surface area contributed by atoms with Crippen LogP contribution in [0.25, 0.3) is 16.8 Å². The molecule has 2 fully saturated rings. The van der Waals surface area contributed by atoms with Gasteiger partial charge >= 0.3 is 13.1 Å². The van der Waals surface area contributed by atoms with E-state index in [2.05, 4.69) is 13.0 Å². The maximum absolute atomic E-state index is 13.6. The third-order valence-corrected chi connectivity index (χ3v) is 9.29. The minimum atomic E-state index is -1.00. The highest BCUT2D eigenvalue weighted by atomic mass is 16.5. The average Bonchev–Trinajstić information content (AvgIpc) is 3.20. The molecule has 42 heavy (non-hydrogen) atoms. The van der Waals surface area contributed by atoms with Gasteiger partial charge in [-0.05, 0) is 80.3 Å². The molecule has 0 unspecified atom stereocenters. The number of rotatable bonds is 11. The fourth-order valence-corrected chi connectivity index (χ4v) is 7.25. The normalized spacial score (nSPS) is 24.4. The summed E-state index contributed by atoms with van der Waals surface area (Å²) in [5.74, 6) is -2.03. The predicted molar refractivity (Wildman–Crippen MR) is 161 cm³/mol. The summed E-state index contributed by atoms with van der Waals surface area (Å²) in [5, 5.41) is 31.7. The fourth-order valence-electron chi connectivity index (χ4n) is 7.25. The number of carboxylic acids is 1. The molecule has 4 atom stereocenters. The van der Waals surface area contributed by atoms with Gasteiger partial charge in [0.15, 0.2) is 0 Å². The highest BCUT2D eigenvalue weighted by molar-refractivity contribution is 6.43. The monoisotopic (exact) mass is 573 g/mol. The molecule has 0 spiro atoms. The van der Waals surface area contributed by atoms with Gasteiger partial charge in [0.25, 0.3) is 0 Å². The molecule has 2 amide bonds. The first-order valence-electron chi connectivity index (χ1n) is 15.2. The average molecular weight is 573 g/mol. The lowest BCUT2D eigenvalue weighted by Gasteiger charge is -2.42. The molecule has 0 saturated carbocycles. The number of amides is 2. The standard InChI is InChI=1S/C33H40BNO7/c1-3-21(18-22-13-14-27(36)24-10-7-6-9-23(22)24)12-15-28-30-20(2)17-25-31(26(30)19-34(41)42-28)33(40)35(32(25)39)16-8-4-5-11-29(37)38/h6-7,9-10,13-14,18,25-26,28,31,36,41H,3-5,8,11-12,15-17,19H2,1-2H3,(H,37,38)/b21-18+/t25-,26+,28-,31-/m1/s1. The Kier molecular flexibility index (Phi) is 9.18. The van der Waals surface area contributed by atoms with Crippen LogP contribution < -0.4 is 0 Å². The number of unbranched alkanes of at least 4 members (excludes halogenated alkanes) is 2. The highest BCUT2D eigenvalue weighted by Gasteiger charge is 2.56. The smallest absolute Gasteiger partial charge is 0.455 e. The number of fused-ring (bicyclic) bond motifs is 4. The number of allylic oxidation sites excluding steroid dienone is 2. The first-order chi connectivity index (χ1) is 20.2. The van der Waals surface area contributed by atoms with Gasteiger partial charge in [-0.1, -0.05) is 60.9 Å². The summed E-state index contributed by atoms with van der Waals surface area (Å²) < 4.78 is 6.09. The third-order valence-electron chi connectivity index (χ3n) is 9.29. The molecular weight excluding hydrogens is 533 g/mol. The van der Waals surface area contributed by atoms with E-state index in [0.717, 1.165) is 40.3 Å². The van der Waals surface area contributed by atoms with Crippen LogP contribution in [0.5, 0.6) is 5.75 Å². The van der Waals surface area contributed by atoms with Crippen LogP contribution in [0.1, 0.15) is 70.8 Å². The van der Waals surface area contributed by atoms with Gasteiger partial charge in [0, 0.05) is 18.4 Å². The summed E-state index contributed by atoms with van der Waals surface area (Å²) in [5.41, 5.74) is 4.40. The first kappa shape index (κ1) is 30.0. The van der Waals surface area contributed by atoms with Gasteiger partial charge in [0.1, 0.15) is 5.75 Å².